The SMILES string of the molecule is C.C#C.CCC(C)=O.CCCc1ccc(/C=C/Cc2cc(C)c(OC)cc2C)cc1C. The number of allylic oxidation sites excluding steroid dienone is 1. The van der Waals surface area contributed by atoms with Gasteiger partial charge in [-0.25, -0.2) is 0 Å². The van der Waals surface area contributed by atoms with Gasteiger partial charge in [-0.1, -0.05) is 64.1 Å². The van der Waals surface area contributed by atoms with Crippen LogP contribution in [-0.4, -0.2) is 12.9 Å². The van der Waals surface area contributed by atoms with Crippen molar-refractivity contribution < 1.29 is 9.53 Å². The van der Waals surface area contributed by atoms with Gasteiger partial charge in [0.05, 0.1) is 7.11 Å². The number of hydrogen-bond acceptors (Lipinski definition) is 2. The zero-order chi connectivity index (χ0) is 23.1. The second-order valence-corrected chi connectivity index (χ2v) is 7.35. The number of aryl methyl sites for hydroxylation is 4. The van der Waals surface area contributed by atoms with Crippen molar-refractivity contribution in [2.45, 2.75) is 74.7 Å². The van der Waals surface area contributed by atoms with E-state index >= 15 is 0 Å². The first kappa shape index (κ1) is 30.4. The maximum atomic E-state index is 9.81. The monoisotopic (exact) mass is 422 g/mol. The third-order valence-corrected chi connectivity index (χ3v) is 4.89. The predicted octanol–water partition coefficient (Wildman–Crippen LogP) is 7.70. The summed E-state index contributed by atoms with van der Waals surface area (Å²) >= 11 is 0. The molecular formula is C29H42O2. The number of carbonyl (C=O) groups is 1. The van der Waals surface area contributed by atoms with Gasteiger partial charge in [-0.2, -0.15) is 0 Å². The molecule has 2 nitrogen and oxygen atoms in total. The molecule has 0 aliphatic rings. The number of terminal acetylenes is 1. The van der Waals surface area contributed by atoms with Gasteiger partial charge in [0.25, 0.3) is 0 Å². The summed E-state index contributed by atoms with van der Waals surface area (Å²) in [6.07, 6.45) is 16.5. The van der Waals surface area contributed by atoms with Crippen molar-refractivity contribution in [3.63, 3.8) is 0 Å². The van der Waals surface area contributed by atoms with Crippen LogP contribution in [0.15, 0.2) is 36.4 Å². The highest BCUT2D eigenvalue weighted by atomic mass is 16.5. The minimum atomic E-state index is 0. The zero-order valence-electron chi connectivity index (χ0n) is 19.8. The van der Waals surface area contributed by atoms with Crippen molar-refractivity contribution in [2.24, 2.45) is 0 Å². The Morgan fingerprint density at radius 2 is 1.55 bits per heavy atom. The Hall–Kier alpha value is -2.79. The Bertz CT molecular complexity index is 841. The average Bonchev–Trinajstić information content (AvgIpc) is 2.74. The number of ether oxygens (including phenoxy) is 1. The van der Waals surface area contributed by atoms with Crippen molar-refractivity contribution in [3.8, 4) is 18.6 Å². The molecule has 2 aromatic carbocycles. The second-order valence-electron chi connectivity index (χ2n) is 7.35. The number of rotatable bonds is 7. The molecule has 0 amide bonds. The number of ketones is 1. The van der Waals surface area contributed by atoms with Crippen LogP contribution in [-0.2, 0) is 17.6 Å². The average molecular weight is 423 g/mol. The molecule has 0 fully saturated rings. The fourth-order valence-electron chi connectivity index (χ4n) is 2.98. The van der Waals surface area contributed by atoms with Gasteiger partial charge in [-0.3, -0.25) is 0 Å². The van der Waals surface area contributed by atoms with Crippen LogP contribution in [0, 0.1) is 33.6 Å². The summed E-state index contributed by atoms with van der Waals surface area (Å²) in [5, 5.41) is 0. The van der Waals surface area contributed by atoms with E-state index in [-0.39, 0.29) is 13.2 Å². The first-order valence-corrected chi connectivity index (χ1v) is 10.5. The van der Waals surface area contributed by atoms with E-state index in [0.717, 1.165) is 12.2 Å². The van der Waals surface area contributed by atoms with Crippen LogP contribution in [0.3, 0.4) is 0 Å². The summed E-state index contributed by atoms with van der Waals surface area (Å²) in [6, 6.07) is 11.1. The molecule has 0 spiro atoms. The molecule has 2 heteroatoms. The van der Waals surface area contributed by atoms with Crippen molar-refractivity contribution in [1.29, 1.82) is 0 Å². The van der Waals surface area contributed by atoms with E-state index in [1.807, 2.05) is 6.92 Å². The summed E-state index contributed by atoms with van der Waals surface area (Å²) in [5.41, 5.74) is 7.98. The molecule has 31 heavy (non-hydrogen) atoms. The lowest BCUT2D eigenvalue weighted by Crippen LogP contribution is -1.93. The number of carbonyl (C=O) groups excluding carboxylic acids is 1. The lowest BCUT2D eigenvalue weighted by Gasteiger charge is -2.10. The Balaban J connectivity index is 0. The highest BCUT2D eigenvalue weighted by molar-refractivity contribution is 5.74. The lowest BCUT2D eigenvalue weighted by atomic mass is 9.99. The van der Waals surface area contributed by atoms with E-state index in [0.29, 0.717) is 6.42 Å². The predicted molar refractivity (Wildman–Crippen MR) is 138 cm³/mol. The standard InChI is InChI=1S/C22H28O.C4H8O.C2H2.CH4/c1-6-8-20-12-11-19(13-16(20)2)9-7-10-21-14-18(4)22(23-5)15-17(21)3;1-3-4(2)5;1-2;/h7,9,11-15H,6,8,10H2,1-5H3;3H2,1-2H3;1-2H;1H4/b9-7+;;;. The Morgan fingerprint density at radius 3 is 2.03 bits per heavy atom. The van der Waals surface area contributed by atoms with Crippen molar-refractivity contribution in [3.05, 3.63) is 69.8 Å². The van der Waals surface area contributed by atoms with Gasteiger partial charge >= 0.3 is 0 Å². The van der Waals surface area contributed by atoms with Crippen molar-refractivity contribution in [2.75, 3.05) is 7.11 Å². The quantitative estimate of drug-likeness (QED) is 0.427. The van der Waals surface area contributed by atoms with Gasteiger partial charge in [0, 0.05) is 6.42 Å². The molecule has 0 aliphatic carbocycles. The summed E-state index contributed by atoms with van der Waals surface area (Å²) < 4.78 is 5.38. The molecule has 0 heterocycles. The third kappa shape index (κ3) is 11.2. The summed E-state index contributed by atoms with van der Waals surface area (Å²) in [4.78, 5) is 9.81. The number of hydrogen-bond donors (Lipinski definition) is 0. The normalized spacial score (nSPS) is 9.58. The molecule has 0 aromatic heterocycles. The largest absolute Gasteiger partial charge is 0.496 e. The van der Waals surface area contributed by atoms with Crippen LogP contribution in [0.4, 0.5) is 0 Å². The van der Waals surface area contributed by atoms with Gasteiger partial charge in [0.15, 0.2) is 0 Å². The molecule has 0 aliphatic heterocycles. The molecule has 0 saturated heterocycles. The zero-order valence-corrected chi connectivity index (χ0v) is 19.8. The Labute approximate surface area is 191 Å². The maximum absolute atomic E-state index is 9.81. The second kappa shape index (κ2) is 16.9. The Morgan fingerprint density at radius 1 is 0.968 bits per heavy atom. The number of Topliss-reactive ketones (excluding diaryl/α,β-unsaturated/α-hetero) is 1. The van der Waals surface area contributed by atoms with Crippen LogP contribution in [0.2, 0.25) is 0 Å². The van der Waals surface area contributed by atoms with Crippen LogP contribution in [0.25, 0.3) is 6.08 Å². The highest BCUT2D eigenvalue weighted by Crippen LogP contribution is 2.23. The molecule has 0 radical (unpaired) electrons. The van der Waals surface area contributed by atoms with Crippen molar-refractivity contribution >= 4 is 11.9 Å². The molecular weight excluding hydrogens is 380 g/mol. The van der Waals surface area contributed by atoms with Crippen LogP contribution in [0.5, 0.6) is 5.75 Å². The number of methoxy groups -OCH3 is 1. The van der Waals surface area contributed by atoms with Crippen LogP contribution < -0.4 is 4.74 Å². The number of benzene rings is 2. The molecule has 0 N–H and O–H groups in total. The third-order valence-electron chi connectivity index (χ3n) is 4.89. The van der Waals surface area contributed by atoms with E-state index in [4.69, 9.17) is 4.74 Å². The van der Waals surface area contributed by atoms with Gasteiger partial charge in [-0.15, -0.1) is 12.8 Å². The van der Waals surface area contributed by atoms with Crippen LogP contribution in [0.1, 0.15) is 74.4 Å². The van der Waals surface area contributed by atoms with E-state index in [9.17, 15) is 4.79 Å². The van der Waals surface area contributed by atoms with E-state index in [1.54, 1.807) is 14.0 Å². The van der Waals surface area contributed by atoms with Crippen LogP contribution >= 0.6 is 0 Å². The fourth-order valence-corrected chi connectivity index (χ4v) is 2.98. The van der Waals surface area contributed by atoms with Gasteiger partial charge in [0.1, 0.15) is 11.5 Å². The highest BCUT2D eigenvalue weighted by Gasteiger charge is 2.03. The van der Waals surface area contributed by atoms with E-state index < -0.39 is 0 Å². The minimum Gasteiger partial charge on any atom is -0.496 e. The summed E-state index contributed by atoms with van der Waals surface area (Å²) in [6.45, 7) is 12.1. The maximum Gasteiger partial charge on any atom is 0.129 e. The molecule has 0 bridgehead atoms. The molecule has 0 atom stereocenters. The molecule has 0 unspecified atom stereocenters. The lowest BCUT2D eigenvalue weighted by molar-refractivity contribution is -0.116. The van der Waals surface area contributed by atoms with Gasteiger partial charge in [0.2, 0.25) is 0 Å². The summed E-state index contributed by atoms with van der Waals surface area (Å²) in [7, 11) is 1.73. The Kier molecular flexibility index (Phi) is 16.6. The first-order valence-electron chi connectivity index (χ1n) is 10.5. The van der Waals surface area contributed by atoms with Gasteiger partial charge < -0.3 is 9.53 Å². The topological polar surface area (TPSA) is 26.3 Å². The van der Waals surface area contributed by atoms with E-state index in [1.165, 1.54) is 46.2 Å². The first-order chi connectivity index (χ1) is 14.3. The van der Waals surface area contributed by atoms with Gasteiger partial charge in [-0.05, 0) is 80.0 Å². The summed E-state index contributed by atoms with van der Waals surface area (Å²) in [5.74, 6) is 1.22. The molecule has 170 valence electrons. The van der Waals surface area contributed by atoms with E-state index in [2.05, 4.69) is 83.0 Å². The van der Waals surface area contributed by atoms with Crippen molar-refractivity contribution in [1.82, 2.24) is 0 Å². The molecule has 2 rings (SSSR count). The molecule has 2 aromatic rings. The fraction of sp³-hybridized carbons (Fsp3) is 0.414. The molecule has 0 saturated carbocycles. The minimum absolute atomic E-state index is 0. The smallest absolute Gasteiger partial charge is 0.129 e.